The molecule has 1 aliphatic carbocycles. The summed E-state index contributed by atoms with van der Waals surface area (Å²) >= 11 is 0. The monoisotopic (exact) mass is 350 g/mol. The van der Waals surface area contributed by atoms with E-state index in [0.29, 0.717) is 6.54 Å². The summed E-state index contributed by atoms with van der Waals surface area (Å²) < 4.78 is 7.29. The van der Waals surface area contributed by atoms with Crippen LogP contribution in [0.2, 0.25) is 0 Å². The zero-order valence-corrected chi connectivity index (χ0v) is 14.5. The van der Waals surface area contributed by atoms with Gasteiger partial charge in [0.2, 0.25) is 0 Å². The molecule has 0 fully saturated rings. The quantitative estimate of drug-likeness (QED) is 0.741. The van der Waals surface area contributed by atoms with Crippen molar-refractivity contribution in [2.45, 2.75) is 38.4 Å². The number of furan rings is 1. The van der Waals surface area contributed by atoms with Gasteiger partial charge in [0.25, 0.3) is 0 Å². The van der Waals surface area contributed by atoms with Crippen LogP contribution in [0, 0.1) is 0 Å². The standard InChI is InChI=1S/C20H22N4O2/c25-20(21-12-16-8-5-11-26-16)23-18-9-4-10-19-17(18)13-22-24(19)14-15-6-2-1-3-7-15/h1-3,5-8,11,13,18H,4,9-10,12,14H2,(H2,21,23,25). The first kappa shape index (κ1) is 16.4. The summed E-state index contributed by atoms with van der Waals surface area (Å²) in [6.45, 7) is 1.14. The topological polar surface area (TPSA) is 72.1 Å². The molecule has 1 unspecified atom stereocenters. The van der Waals surface area contributed by atoms with Gasteiger partial charge in [0.05, 0.1) is 31.6 Å². The predicted molar refractivity (Wildman–Crippen MR) is 97.5 cm³/mol. The minimum absolute atomic E-state index is 0.000116. The maximum absolute atomic E-state index is 12.2. The smallest absolute Gasteiger partial charge is 0.315 e. The zero-order valence-electron chi connectivity index (χ0n) is 14.5. The van der Waals surface area contributed by atoms with E-state index in [2.05, 4.69) is 32.5 Å². The molecule has 2 heterocycles. The van der Waals surface area contributed by atoms with Crippen LogP contribution in [0.1, 0.15) is 41.5 Å². The van der Waals surface area contributed by atoms with Crippen molar-refractivity contribution in [3.63, 3.8) is 0 Å². The number of carbonyl (C=O) groups excluding carboxylic acids is 1. The number of benzene rings is 1. The number of urea groups is 1. The largest absolute Gasteiger partial charge is 0.467 e. The fraction of sp³-hybridized carbons (Fsp3) is 0.300. The summed E-state index contributed by atoms with van der Waals surface area (Å²) in [5.74, 6) is 0.736. The molecule has 0 radical (unpaired) electrons. The van der Waals surface area contributed by atoms with Gasteiger partial charge < -0.3 is 15.1 Å². The maximum atomic E-state index is 12.2. The number of amides is 2. The Balaban J connectivity index is 1.41. The van der Waals surface area contributed by atoms with Crippen molar-refractivity contribution in [3.8, 4) is 0 Å². The number of nitrogens with zero attached hydrogens (tertiary/aromatic N) is 2. The van der Waals surface area contributed by atoms with Gasteiger partial charge in [-0.15, -0.1) is 0 Å². The van der Waals surface area contributed by atoms with E-state index in [9.17, 15) is 4.79 Å². The number of carbonyl (C=O) groups is 1. The number of hydrogen-bond acceptors (Lipinski definition) is 3. The van der Waals surface area contributed by atoms with Gasteiger partial charge in [-0.3, -0.25) is 4.68 Å². The molecule has 6 nitrogen and oxygen atoms in total. The summed E-state index contributed by atoms with van der Waals surface area (Å²) in [6.07, 6.45) is 6.46. The first-order valence-corrected chi connectivity index (χ1v) is 8.95. The van der Waals surface area contributed by atoms with E-state index in [0.717, 1.165) is 37.1 Å². The summed E-state index contributed by atoms with van der Waals surface area (Å²) in [5.41, 5.74) is 3.57. The van der Waals surface area contributed by atoms with Crippen molar-refractivity contribution in [1.82, 2.24) is 20.4 Å². The SMILES string of the molecule is O=C(NCc1ccco1)NC1CCCc2c1cnn2Cc1ccccc1. The fourth-order valence-corrected chi connectivity index (χ4v) is 3.45. The average molecular weight is 350 g/mol. The molecule has 0 spiro atoms. The molecule has 1 aliphatic rings. The predicted octanol–water partition coefficient (Wildman–Crippen LogP) is 3.40. The number of hydrogen-bond donors (Lipinski definition) is 2. The Kier molecular flexibility index (Phi) is 4.73. The van der Waals surface area contributed by atoms with Crippen LogP contribution in [-0.4, -0.2) is 15.8 Å². The lowest BCUT2D eigenvalue weighted by Gasteiger charge is -2.24. The average Bonchev–Trinajstić information content (AvgIpc) is 3.32. The molecule has 3 aromatic rings. The Morgan fingerprint density at radius 1 is 1.23 bits per heavy atom. The van der Waals surface area contributed by atoms with Crippen LogP contribution in [-0.2, 0) is 19.5 Å². The summed E-state index contributed by atoms with van der Waals surface area (Å²) in [7, 11) is 0. The molecule has 0 saturated heterocycles. The molecule has 4 rings (SSSR count). The Morgan fingerprint density at radius 3 is 2.92 bits per heavy atom. The third-order valence-electron chi connectivity index (χ3n) is 4.75. The summed E-state index contributed by atoms with van der Waals surface area (Å²) in [4.78, 5) is 12.2. The molecule has 6 heteroatoms. The van der Waals surface area contributed by atoms with Crippen LogP contribution in [0.25, 0.3) is 0 Å². The van der Waals surface area contributed by atoms with Gasteiger partial charge >= 0.3 is 6.03 Å². The highest BCUT2D eigenvalue weighted by Gasteiger charge is 2.25. The second-order valence-corrected chi connectivity index (χ2v) is 6.54. The Morgan fingerprint density at radius 2 is 2.12 bits per heavy atom. The van der Waals surface area contributed by atoms with Crippen molar-refractivity contribution in [2.24, 2.45) is 0 Å². The van der Waals surface area contributed by atoms with Gasteiger partial charge in [0, 0.05) is 11.3 Å². The molecule has 134 valence electrons. The van der Waals surface area contributed by atoms with Crippen molar-refractivity contribution in [3.05, 3.63) is 77.5 Å². The normalized spacial score (nSPS) is 16.1. The zero-order chi connectivity index (χ0) is 17.8. The lowest BCUT2D eigenvalue weighted by atomic mass is 9.93. The Hall–Kier alpha value is -3.02. The first-order chi connectivity index (χ1) is 12.8. The molecule has 2 N–H and O–H groups in total. The van der Waals surface area contributed by atoms with Crippen molar-refractivity contribution in [1.29, 1.82) is 0 Å². The summed E-state index contributed by atoms with van der Waals surface area (Å²) in [5, 5.41) is 10.5. The molecule has 2 amide bonds. The Bertz CT molecular complexity index is 855. The van der Waals surface area contributed by atoms with E-state index in [1.165, 1.54) is 11.3 Å². The number of nitrogens with one attached hydrogen (secondary N) is 2. The molecule has 0 saturated carbocycles. The number of aromatic nitrogens is 2. The van der Waals surface area contributed by atoms with Crippen LogP contribution in [0.4, 0.5) is 4.79 Å². The van der Waals surface area contributed by atoms with Gasteiger partial charge in [-0.05, 0) is 37.0 Å². The lowest BCUT2D eigenvalue weighted by Crippen LogP contribution is -2.38. The van der Waals surface area contributed by atoms with Crippen molar-refractivity contribution >= 4 is 6.03 Å². The highest BCUT2D eigenvalue weighted by Crippen LogP contribution is 2.29. The Labute approximate surface area is 152 Å². The molecular weight excluding hydrogens is 328 g/mol. The molecule has 1 aromatic carbocycles. The molecule has 26 heavy (non-hydrogen) atoms. The number of rotatable bonds is 5. The van der Waals surface area contributed by atoms with E-state index in [4.69, 9.17) is 4.42 Å². The molecule has 2 aromatic heterocycles. The third-order valence-corrected chi connectivity index (χ3v) is 4.75. The highest BCUT2D eigenvalue weighted by atomic mass is 16.3. The molecule has 1 atom stereocenters. The van der Waals surface area contributed by atoms with Crippen LogP contribution in [0.15, 0.2) is 59.3 Å². The van der Waals surface area contributed by atoms with Crippen molar-refractivity contribution < 1.29 is 9.21 Å². The van der Waals surface area contributed by atoms with Gasteiger partial charge in [-0.1, -0.05) is 30.3 Å². The van der Waals surface area contributed by atoms with E-state index in [1.54, 1.807) is 6.26 Å². The van der Waals surface area contributed by atoms with Crippen LogP contribution in [0.5, 0.6) is 0 Å². The van der Waals surface area contributed by atoms with Crippen molar-refractivity contribution in [2.75, 3.05) is 0 Å². The molecule has 0 aliphatic heterocycles. The molecular formula is C20H22N4O2. The third kappa shape index (κ3) is 3.64. The van der Waals surface area contributed by atoms with E-state index >= 15 is 0 Å². The minimum atomic E-state index is -0.185. The second-order valence-electron chi connectivity index (χ2n) is 6.54. The highest BCUT2D eigenvalue weighted by molar-refractivity contribution is 5.74. The van der Waals surface area contributed by atoms with Gasteiger partial charge in [-0.25, -0.2) is 4.79 Å². The minimum Gasteiger partial charge on any atom is -0.467 e. The van der Waals surface area contributed by atoms with E-state index in [1.807, 2.05) is 36.5 Å². The van der Waals surface area contributed by atoms with Crippen LogP contribution >= 0.6 is 0 Å². The van der Waals surface area contributed by atoms with E-state index < -0.39 is 0 Å². The maximum Gasteiger partial charge on any atom is 0.315 e. The van der Waals surface area contributed by atoms with Gasteiger partial charge in [0.1, 0.15) is 5.76 Å². The lowest BCUT2D eigenvalue weighted by molar-refractivity contribution is 0.234. The molecule has 0 bridgehead atoms. The van der Waals surface area contributed by atoms with E-state index in [-0.39, 0.29) is 12.1 Å². The van der Waals surface area contributed by atoms with Crippen LogP contribution in [0.3, 0.4) is 0 Å². The van der Waals surface area contributed by atoms with Gasteiger partial charge in [-0.2, -0.15) is 5.10 Å². The number of fused-ring (bicyclic) bond motifs is 1. The first-order valence-electron chi connectivity index (χ1n) is 8.95. The van der Waals surface area contributed by atoms with Gasteiger partial charge in [0.15, 0.2) is 0 Å². The van der Waals surface area contributed by atoms with Crippen LogP contribution < -0.4 is 10.6 Å². The second kappa shape index (κ2) is 7.47. The summed E-state index contributed by atoms with van der Waals surface area (Å²) in [6, 6.07) is 13.8. The fourth-order valence-electron chi connectivity index (χ4n) is 3.45.